The van der Waals surface area contributed by atoms with E-state index in [1.54, 1.807) is 0 Å². The molecule has 0 saturated carbocycles. The van der Waals surface area contributed by atoms with E-state index in [1.165, 1.54) is 35.3 Å². The Morgan fingerprint density at radius 2 is 1.91 bits per heavy atom. The predicted octanol–water partition coefficient (Wildman–Crippen LogP) is 4.30. The highest BCUT2D eigenvalue weighted by Gasteiger charge is 2.28. The Hall–Kier alpha value is -2.51. The average molecular weight is 452 g/mol. The minimum absolute atomic E-state index is 0.297. The number of para-hydroxylation sites is 1. The van der Waals surface area contributed by atoms with E-state index in [0.717, 1.165) is 66.4 Å². The number of nitrogen functional groups attached to an aromatic ring is 1. The van der Waals surface area contributed by atoms with E-state index >= 15 is 0 Å². The van der Waals surface area contributed by atoms with E-state index in [4.69, 9.17) is 19.9 Å². The number of nitrogens with zero attached hydrogens (tertiary/aromatic N) is 2. The number of thiazole rings is 1. The number of anilines is 1. The molecule has 0 bridgehead atoms. The van der Waals surface area contributed by atoms with E-state index in [2.05, 4.69) is 34.1 Å². The summed E-state index contributed by atoms with van der Waals surface area (Å²) in [6.07, 6.45) is 5.83. The summed E-state index contributed by atoms with van der Waals surface area (Å²) in [7, 11) is 0. The minimum Gasteiger partial charge on any atom is -0.489 e. The second-order valence-corrected chi connectivity index (χ2v) is 10.2. The maximum Gasteiger partial charge on any atom is 0.181 e. The standard InChI is InChI=1S/C25H29N3O3S/c26-25-27-23-19(24-21(14-22(23)32-25)29-11-12-30-24)13-16-7-9-28(10-8-16)15-18-6-5-17-3-1-2-4-20(17)31-18/h1-4,14,16,18H,5-13,15H2,(H2,26,27). The van der Waals surface area contributed by atoms with Gasteiger partial charge in [-0.2, -0.15) is 0 Å². The molecule has 6 rings (SSSR count). The molecule has 0 radical (unpaired) electrons. The third-order valence-corrected chi connectivity index (χ3v) is 7.80. The van der Waals surface area contributed by atoms with Crippen LogP contribution >= 0.6 is 11.3 Å². The zero-order chi connectivity index (χ0) is 21.5. The third kappa shape index (κ3) is 3.88. The summed E-state index contributed by atoms with van der Waals surface area (Å²) in [5.41, 5.74) is 9.55. The van der Waals surface area contributed by atoms with Gasteiger partial charge in [-0.3, -0.25) is 4.90 Å². The summed E-state index contributed by atoms with van der Waals surface area (Å²) in [6.45, 7) is 4.43. The third-order valence-electron chi connectivity index (χ3n) is 6.97. The van der Waals surface area contributed by atoms with Crippen molar-refractivity contribution in [2.24, 2.45) is 5.92 Å². The van der Waals surface area contributed by atoms with Crippen LogP contribution < -0.4 is 19.9 Å². The fraction of sp³-hybridized carbons (Fsp3) is 0.480. The number of hydrogen-bond donors (Lipinski definition) is 1. The van der Waals surface area contributed by atoms with Crippen molar-refractivity contribution in [1.29, 1.82) is 0 Å². The predicted molar refractivity (Wildman–Crippen MR) is 127 cm³/mol. The van der Waals surface area contributed by atoms with Crippen LogP contribution in [0.2, 0.25) is 0 Å². The lowest BCUT2D eigenvalue weighted by molar-refractivity contribution is 0.0910. The van der Waals surface area contributed by atoms with Gasteiger partial charge >= 0.3 is 0 Å². The number of rotatable bonds is 4. The molecule has 0 aliphatic carbocycles. The second kappa shape index (κ2) is 8.45. The summed E-state index contributed by atoms with van der Waals surface area (Å²) < 4.78 is 19.3. The SMILES string of the molecule is Nc1nc2c(CC3CCN(CC4CCc5ccccc5O4)CC3)c3c(cc2s1)OCCO3. The Kier molecular flexibility index (Phi) is 5.31. The Morgan fingerprint density at radius 3 is 2.81 bits per heavy atom. The molecule has 0 amide bonds. The molecule has 0 spiro atoms. The Balaban J connectivity index is 1.11. The summed E-state index contributed by atoms with van der Waals surface area (Å²) in [5.74, 6) is 3.41. The van der Waals surface area contributed by atoms with E-state index < -0.39 is 0 Å². The van der Waals surface area contributed by atoms with Gasteiger partial charge < -0.3 is 19.9 Å². The van der Waals surface area contributed by atoms with Gasteiger partial charge in [-0.1, -0.05) is 29.5 Å². The molecule has 3 aliphatic heterocycles. The van der Waals surface area contributed by atoms with Crippen LogP contribution in [0, 0.1) is 5.92 Å². The van der Waals surface area contributed by atoms with E-state index in [-0.39, 0.29) is 0 Å². The first-order valence-corrected chi connectivity index (χ1v) is 12.5. The van der Waals surface area contributed by atoms with Crippen molar-refractivity contribution < 1.29 is 14.2 Å². The molecule has 2 N–H and O–H groups in total. The van der Waals surface area contributed by atoms with Crippen molar-refractivity contribution in [2.75, 3.05) is 38.6 Å². The highest BCUT2D eigenvalue weighted by molar-refractivity contribution is 7.22. The summed E-state index contributed by atoms with van der Waals surface area (Å²) in [4.78, 5) is 7.21. The molecule has 32 heavy (non-hydrogen) atoms. The van der Waals surface area contributed by atoms with Crippen molar-refractivity contribution in [1.82, 2.24) is 9.88 Å². The molecule has 3 aliphatic rings. The van der Waals surface area contributed by atoms with Gasteiger partial charge in [0.15, 0.2) is 16.6 Å². The van der Waals surface area contributed by atoms with Gasteiger partial charge in [0.1, 0.15) is 25.1 Å². The average Bonchev–Trinajstić information content (AvgIpc) is 3.20. The van der Waals surface area contributed by atoms with Crippen molar-refractivity contribution in [3.63, 3.8) is 0 Å². The highest BCUT2D eigenvalue weighted by Crippen LogP contribution is 2.43. The minimum atomic E-state index is 0.297. The van der Waals surface area contributed by atoms with Crippen LogP contribution in [0.1, 0.15) is 30.4 Å². The van der Waals surface area contributed by atoms with E-state index in [0.29, 0.717) is 30.4 Å². The van der Waals surface area contributed by atoms with Crippen LogP contribution in [0.25, 0.3) is 10.2 Å². The number of nitrogens with two attached hydrogens (primary N) is 1. The molecule has 2 aromatic carbocycles. The van der Waals surface area contributed by atoms with Gasteiger partial charge in [0.2, 0.25) is 0 Å². The first-order valence-electron chi connectivity index (χ1n) is 11.7. The number of hydrogen-bond acceptors (Lipinski definition) is 7. The Morgan fingerprint density at radius 1 is 1.06 bits per heavy atom. The van der Waals surface area contributed by atoms with Crippen molar-refractivity contribution in [2.45, 2.75) is 38.2 Å². The lowest BCUT2D eigenvalue weighted by atomic mass is 9.89. The molecule has 1 aromatic heterocycles. The van der Waals surface area contributed by atoms with Crippen LogP contribution in [0.3, 0.4) is 0 Å². The van der Waals surface area contributed by atoms with Crippen LogP contribution in [-0.4, -0.2) is 48.8 Å². The first kappa shape index (κ1) is 20.1. The number of aromatic nitrogens is 1. The normalized spacial score (nSPS) is 21.3. The van der Waals surface area contributed by atoms with E-state index in [9.17, 15) is 0 Å². The van der Waals surface area contributed by atoms with Gasteiger partial charge in [-0.05, 0) is 62.7 Å². The largest absolute Gasteiger partial charge is 0.489 e. The highest BCUT2D eigenvalue weighted by atomic mass is 32.1. The Labute approximate surface area is 192 Å². The lowest BCUT2D eigenvalue weighted by Crippen LogP contribution is -2.42. The quantitative estimate of drug-likeness (QED) is 0.638. The van der Waals surface area contributed by atoms with Gasteiger partial charge in [0, 0.05) is 18.2 Å². The van der Waals surface area contributed by atoms with E-state index in [1.807, 2.05) is 6.07 Å². The summed E-state index contributed by atoms with van der Waals surface area (Å²) in [5, 5.41) is 0.604. The molecule has 3 aromatic rings. The van der Waals surface area contributed by atoms with Gasteiger partial charge in [-0.15, -0.1) is 0 Å². The summed E-state index contributed by atoms with van der Waals surface area (Å²) >= 11 is 1.53. The molecule has 1 unspecified atom stereocenters. The molecule has 4 heterocycles. The molecule has 6 nitrogen and oxygen atoms in total. The second-order valence-electron chi connectivity index (χ2n) is 9.11. The van der Waals surface area contributed by atoms with Gasteiger partial charge in [0.25, 0.3) is 0 Å². The van der Waals surface area contributed by atoms with Crippen LogP contribution in [-0.2, 0) is 12.8 Å². The lowest BCUT2D eigenvalue weighted by Gasteiger charge is -2.36. The van der Waals surface area contributed by atoms with Gasteiger partial charge in [-0.25, -0.2) is 4.98 Å². The van der Waals surface area contributed by atoms with Crippen LogP contribution in [0.5, 0.6) is 17.2 Å². The van der Waals surface area contributed by atoms with Crippen LogP contribution in [0.4, 0.5) is 5.13 Å². The molecular formula is C25H29N3O3S. The number of aryl methyl sites for hydroxylation is 1. The van der Waals surface area contributed by atoms with Crippen LogP contribution in [0.15, 0.2) is 30.3 Å². The number of likely N-dealkylation sites (tertiary alicyclic amines) is 1. The van der Waals surface area contributed by atoms with Gasteiger partial charge in [0.05, 0.1) is 10.2 Å². The molecule has 1 saturated heterocycles. The molecule has 1 atom stereocenters. The zero-order valence-corrected chi connectivity index (χ0v) is 19.0. The maximum absolute atomic E-state index is 6.28. The van der Waals surface area contributed by atoms with Crippen molar-refractivity contribution in [3.05, 3.63) is 41.5 Å². The fourth-order valence-corrected chi connectivity index (χ4v) is 6.11. The monoisotopic (exact) mass is 451 g/mol. The molecule has 168 valence electrons. The number of piperidine rings is 1. The topological polar surface area (TPSA) is 69.8 Å². The zero-order valence-electron chi connectivity index (χ0n) is 18.2. The molecule has 7 heteroatoms. The fourth-order valence-electron chi connectivity index (χ4n) is 5.31. The number of fused-ring (bicyclic) bond motifs is 3. The smallest absolute Gasteiger partial charge is 0.181 e. The Bertz CT molecular complexity index is 1120. The maximum atomic E-state index is 6.28. The van der Waals surface area contributed by atoms with Crippen molar-refractivity contribution >= 4 is 26.7 Å². The molecule has 1 fully saturated rings. The number of benzene rings is 2. The molecular weight excluding hydrogens is 422 g/mol. The first-order chi connectivity index (χ1) is 15.7. The van der Waals surface area contributed by atoms with Crippen molar-refractivity contribution in [3.8, 4) is 17.2 Å². The summed E-state index contributed by atoms with van der Waals surface area (Å²) in [6, 6.07) is 10.5. The number of ether oxygens (including phenoxy) is 3.